The average molecular weight is 312 g/mol. The van der Waals surface area contributed by atoms with E-state index in [1.165, 1.54) is 0 Å². The van der Waals surface area contributed by atoms with Crippen molar-refractivity contribution >= 4 is 29.0 Å². The van der Waals surface area contributed by atoms with Gasteiger partial charge in [0, 0.05) is 27.6 Å². The molecule has 20 heavy (non-hydrogen) atoms. The molecule has 0 saturated carbocycles. The van der Waals surface area contributed by atoms with E-state index in [1.54, 1.807) is 6.07 Å². The second-order valence-electron chi connectivity index (χ2n) is 5.82. The molecule has 0 fully saturated rings. The second-order valence-corrected chi connectivity index (χ2v) is 6.69. The van der Waals surface area contributed by atoms with E-state index in [0.29, 0.717) is 15.9 Å². The van der Waals surface area contributed by atoms with Gasteiger partial charge >= 0.3 is 0 Å². The molecule has 0 radical (unpaired) electrons. The van der Waals surface area contributed by atoms with E-state index in [2.05, 4.69) is 27.7 Å². The van der Waals surface area contributed by atoms with Crippen LogP contribution in [-0.4, -0.2) is 9.55 Å². The van der Waals surface area contributed by atoms with Gasteiger partial charge in [-0.15, -0.1) is 0 Å². The van der Waals surface area contributed by atoms with Crippen LogP contribution >= 0.6 is 23.2 Å². The van der Waals surface area contributed by atoms with Crippen LogP contribution in [0.4, 0.5) is 5.82 Å². The molecule has 0 aliphatic heterocycles. The molecule has 3 nitrogen and oxygen atoms in total. The molecule has 0 atom stereocenters. The van der Waals surface area contributed by atoms with E-state index in [4.69, 9.17) is 33.9 Å². The summed E-state index contributed by atoms with van der Waals surface area (Å²) in [6.07, 6.45) is 0. The van der Waals surface area contributed by atoms with Gasteiger partial charge in [-0.25, -0.2) is 4.98 Å². The first-order valence-corrected chi connectivity index (χ1v) is 7.32. The van der Waals surface area contributed by atoms with Gasteiger partial charge in [-0.1, -0.05) is 44.0 Å². The number of rotatable bonds is 2. The molecule has 0 amide bonds. The first kappa shape index (κ1) is 15.2. The maximum absolute atomic E-state index is 6.26. The van der Waals surface area contributed by atoms with Gasteiger partial charge in [0.15, 0.2) is 0 Å². The third-order valence-electron chi connectivity index (χ3n) is 3.13. The second kappa shape index (κ2) is 5.30. The summed E-state index contributed by atoms with van der Waals surface area (Å²) in [7, 11) is 0. The molecule has 2 N–H and O–H groups in total. The van der Waals surface area contributed by atoms with Crippen LogP contribution in [0.25, 0.3) is 11.3 Å². The van der Waals surface area contributed by atoms with Crippen LogP contribution in [0.3, 0.4) is 0 Å². The van der Waals surface area contributed by atoms with Gasteiger partial charge in [0.05, 0.1) is 0 Å². The molecule has 108 valence electrons. The molecular weight excluding hydrogens is 293 g/mol. The lowest BCUT2D eigenvalue weighted by Crippen LogP contribution is -2.19. The number of nitrogens with zero attached hydrogens (tertiary/aromatic N) is 2. The smallest absolute Gasteiger partial charge is 0.131 e. The summed E-state index contributed by atoms with van der Waals surface area (Å²) in [4.78, 5) is 4.72. The standard InChI is InChI=1S/C15H19Cl2N3/c1-5-20-13(18)12(19-14(20)15(2,3)4)9-6-10(16)8-11(17)7-9/h6-8H,5,18H2,1-4H3. The number of anilines is 1. The molecule has 2 rings (SSSR count). The number of hydrogen-bond acceptors (Lipinski definition) is 2. The molecule has 2 aromatic rings. The van der Waals surface area contributed by atoms with Crippen LogP contribution in [-0.2, 0) is 12.0 Å². The molecule has 1 aromatic heterocycles. The van der Waals surface area contributed by atoms with Gasteiger partial charge in [-0.05, 0) is 25.1 Å². The fourth-order valence-corrected chi connectivity index (χ4v) is 2.79. The highest BCUT2D eigenvalue weighted by molar-refractivity contribution is 6.35. The lowest BCUT2D eigenvalue weighted by Gasteiger charge is -2.19. The van der Waals surface area contributed by atoms with Crippen molar-refractivity contribution < 1.29 is 0 Å². The van der Waals surface area contributed by atoms with Crippen molar-refractivity contribution in [3.8, 4) is 11.3 Å². The quantitative estimate of drug-likeness (QED) is 0.869. The molecule has 0 spiro atoms. The van der Waals surface area contributed by atoms with Crippen LogP contribution < -0.4 is 5.73 Å². The zero-order valence-corrected chi connectivity index (χ0v) is 13.7. The number of nitrogen functional groups attached to an aromatic ring is 1. The first-order chi connectivity index (χ1) is 9.24. The van der Waals surface area contributed by atoms with Crippen LogP contribution in [0.5, 0.6) is 0 Å². The Morgan fingerprint density at radius 2 is 1.70 bits per heavy atom. The van der Waals surface area contributed by atoms with Crippen molar-refractivity contribution in [3.63, 3.8) is 0 Å². The lowest BCUT2D eigenvalue weighted by atomic mass is 9.95. The predicted octanol–water partition coefficient (Wildman–Crippen LogP) is 4.76. The van der Waals surface area contributed by atoms with Crippen molar-refractivity contribution in [3.05, 3.63) is 34.1 Å². The topological polar surface area (TPSA) is 43.8 Å². The van der Waals surface area contributed by atoms with Crippen molar-refractivity contribution in [2.24, 2.45) is 0 Å². The van der Waals surface area contributed by atoms with Crippen molar-refractivity contribution in [1.29, 1.82) is 0 Å². The van der Waals surface area contributed by atoms with Gasteiger partial charge in [-0.3, -0.25) is 0 Å². The SMILES string of the molecule is CCn1c(C(C)(C)C)nc(-c2cc(Cl)cc(Cl)c2)c1N. The van der Waals surface area contributed by atoms with E-state index >= 15 is 0 Å². The van der Waals surface area contributed by atoms with E-state index < -0.39 is 0 Å². The lowest BCUT2D eigenvalue weighted by molar-refractivity contribution is 0.509. The summed E-state index contributed by atoms with van der Waals surface area (Å²) in [6, 6.07) is 5.36. The van der Waals surface area contributed by atoms with Gasteiger partial charge in [0.25, 0.3) is 0 Å². The van der Waals surface area contributed by atoms with Crippen molar-refractivity contribution in [2.45, 2.75) is 39.7 Å². The Morgan fingerprint density at radius 3 is 2.10 bits per heavy atom. The van der Waals surface area contributed by atoms with Gasteiger partial charge in [0.2, 0.25) is 0 Å². The van der Waals surface area contributed by atoms with Gasteiger partial charge in [-0.2, -0.15) is 0 Å². The summed E-state index contributed by atoms with van der Waals surface area (Å²) in [5, 5.41) is 1.16. The number of nitrogens with two attached hydrogens (primary N) is 1. The molecular formula is C15H19Cl2N3. The summed E-state index contributed by atoms with van der Waals surface area (Å²) >= 11 is 12.1. The normalized spacial score (nSPS) is 11.9. The molecule has 0 unspecified atom stereocenters. The Morgan fingerprint density at radius 1 is 1.15 bits per heavy atom. The number of hydrogen-bond donors (Lipinski definition) is 1. The fraction of sp³-hybridized carbons (Fsp3) is 0.400. The van der Waals surface area contributed by atoms with Crippen molar-refractivity contribution in [1.82, 2.24) is 9.55 Å². The van der Waals surface area contributed by atoms with Gasteiger partial charge in [0.1, 0.15) is 17.3 Å². The Hall–Kier alpha value is -1.19. The highest BCUT2D eigenvalue weighted by atomic mass is 35.5. The summed E-state index contributed by atoms with van der Waals surface area (Å²) in [5.41, 5.74) is 7.76. The maximum Gasteiger partial charge on any atom is 0.131 e. The molecule has 1 heterocycles. The minimum absolute atomic E-state index is 0.0786. The van der Waals surface area contributed by atoms with Crippen molar-refractivity contribution in [2.75, 3.05) is 5.73 Å². The zero-order chi connectivity index (χ0) is 15.1. The molecule has 1 aromatic carbocycles. The van der Waals surface area contributed by atoms with Crippen LogP contribution in [0, 0.1) is 0 Å². The number of imidazole rings is 1. The Balaban J connectivity index is 2.66. The Kier molecular flexibility index (Phi) is 4.03. The minimum atomic E-state index is -0.0786. The Bertz CT molecular complexity index is 619. The third kappa shape index (κ3) is 2.79. The largest absolute Gasteiger partial charge is 0.383 e. The molecule has 0 saturated heterocycles. The monoisotopic (exact) mass is 311 g/mol. The van der Waals surface area contributed by atoms with E-state index in [9.17, 15) is 0 Å². The minimum Gasteiger partial charge on any atom is -0.383 e. The molecule has 0 aliphatic rings. The van der Waals surface area contributed by atoms with Gasteiger partial charge < -0.3 is 10.3 Å². The first-order valence-electron chi connectivity index (χ1n) is 6.57. The molecule has 0 aliphatic carbocycles. The van der Waals surface area contributed by atoms with E-state index in [-0.39, 0.29) is 5.41 Å². The highest BCUT2D eigenvalue weighted by Crippen LogP contribution is 2.34. The molecule has 0 bridgehead atoms. The maximum atomic E-state index is 6.26. The average Bonchev–Trinajstić information content (AvgIpc) is 2.64. The van der Waals surface area contributed by atoms with E-state index in [1.807, 2.05) is 16.7 Å². The number of benzene rings is 1. The predicted molar refractivity (Wildman–Crippen MR) is 86.5 cm³/mol. The number of halogens is 2. The zero-order valence-electron chi connectivity index (χ0n) is 12.2. The summed E-state index contributed by atoms with van der Waals surface area (Å²) in [6.45, 7) is 9.20. The van der Waals surface area contributed by atoms with E-state index in [0.717, 1.165) is 23.6 Å². The van der Waals surface area contributed by atoms with Crippen LogP contribution in [0.15, 0.2) is 18.2 Å². The number of aromatic nitrogens is 2. The fourth-order valence-electron chi connectivity index (χ4n) is 2.26. The molecule has 5 heteroatoms. The third-order valence-corrected chi connectivity index (χ3v) is 3.57. The van der Waals surface area contributed by atoms with Crippen LogP contribution in [0.2, 0.25) is 10.0 Å². The summed E-state index contributed by atoms with van der Waals surface area (Å²) < 4.78 is 2.03. The van der Waals surface area contributed by atoms with Crippen LogP contribution in [0.1, 0.15) is 33.5 Å². The highest BCUT2D eigenvalue weighted by Gasteiger charge is 2.25. The Labute approximate surface area is 129 Å². The summed E-state index contributed by atoms with van der Waals surface area (Å²) in [5.74, 6) is 1.61.